The van der Waals surface area contributed by atoms with Gasteiger partial charge in [0.2, 0.25) is 0 Å². The highest BCUT2D eigenvalue weighted by Gasteiger charge is 2.07. The Morgan fingerprint density at radius 3 is 2.59 bits per heavy atom. The van der Waals surface area contributed by atoms with E-state index in [-0.39, 0.29) is 6.04 Å². The zero-order valence-corrected chi connectivity index (χ0v) is 10.9. The molecule has 0 aliphatic carbocycles. The SMILES string of the molecule is COc1cc(C(C)C)ccc1CNC(C)C#N. The lowest BCUT2D eigenvalue weighted by molar-refractivity contribution is 0.406. The molecule has 0 fully saturated rings. The molecule has 92 valence electrons. The number of benzene rings is 1. The summed E-state index contributed by atoms with van der Waals surface area (Å²) >= 11 is 0. The van der Waals surface area contributed by atoms with Crippen molar-refractivity contribution in [2.75, 3.05) is 7.11 Å². The van der Waals surface area contributed by atoms with E-state index in [9.17, 15) is 0 Å². The van der Waals surface area contributed by atoms with Crippen LogP contribution in [0.1, 0.15) is 37.8 Å². The minimum atomic E-state index is -0.149. The first-order valence-electron chi connectivity index (χ1n) is 5.88. The van der Waals surface area contributed by atoms with Gasteiger partial charge in [-0.05, 0) is 24.5 Å². The van der Waals surface area contributed by atoms with Gasteiger partial charge < -0.3 is 4.74 Å². The highest BCUT2D eigenvalue weighted by molar-refractivity contribution is 5.38. The van der Waals surface area contributed by atoms with Crippen molar-refractivity contribution in [3.05, 3.63) is 29.3 Å². The third kappa shape index (κ3) is 3.76. The van der Waals surface area contributed by atoms with E-state index in [1.165, 1.54) is 5.56 Å². The molecule has 0 bridgehead atoms. The summed E-state index contributed by atoms with van der Waals surface area (Å²) in [5.41, 5.74) is 2.35. The maximum absolute atomic E-state index is 8.71. The van der Waals surface area contributed by atoms with Gasteiger partial charge in [-0.1, -0.05) is 26.0 Å². The van der Waals surface area contributed by atoms with Gasteiger partial charge in [0.25, 0.3) is 0 Å². The molecule has 1 aromatic carbocycles. The molecule has 0 saturated heterocycles. The summed E-state index contributed by atoms with van der Waals surface area (Å²) in [5, 5.41) is 11.8. The molecule has 3 heteroatoms. The molecular formula is C14H20N2O. The summed E-state index contributed by atoms with van der Waals surface area (Å²) in [7, 11) is 1.68. The molecule has 1 rings (SSSR count). The molecule has 0 amide bonds. The normalized spacial score (nSPS) is 12.2. The lowest BCUT2D eigenvalue weighted by Crippen LogP contribution is -2.23. The zero-order valence-electron chi connectivity index (χ0n) is 10.9. The predicted molar refractivity (Wildman–Crippen MR) is 69.0 cm³/mol. The van der Waals surface area contributed by atoms with Crippen molar-refractivity contribution < 1.29 is 4.74 Å². The van der Waals surface area contributed by atoms with E-state index >= 15 is 0 Å². The Balaban J connectivity index is 2.82. The molecule has 0 spiro atoms. The second-order valence-corrected chi connectivity index (χ2v) is 4.46. The average Bonchev–Trinajstić information content (AvgIpc) is 2.35. The zero-order chi connectivity index (χ0) is 12.8. The molecule has 1 aromatic rings. The molecule has 3 nitrogen and oxygen atoms in total. The van der Waals surface area contributed by atoms with Gasteiger partial charge in [-0.2, -0.15) is 5.26 Å². The minimum Gasteiger partial charge on any atom is -0.496 e. The smallest absolute Gasteiger partial charge is 0.123 e. The first kappa shape index (κ1) is 13.5. The molecule has 0 radical (unpaired) electrons. The Labute approximate surface area is 103 Å². The van der Waals surface area contributed by atoms with Crippen LogP contribution < -0.4 is 10.1 Å². The summed E-state index contributed by atoms with van der Waals surface area (Å²) in [5.74, 6) is 1.37. The summed E-state index contributed by atoms with van der Waals surface area (Å²) in [6.45, 7) is 6.81. The molecule has 0 aliphatic heterocycles. The number of hydrogen-bond acceptors (Lipinski definition) is 3. The minimum absolute atomic E-state index is 0.149. The second-order valence-electron chi connectivity index (χ2n) is 4.46. The number of hydrogen-bond donors (Lipinski definition) is 1. The predicted octanol–water partition coefficient (Wildman–Crippen LogP) is 2.82. The molecule has 1 unspecified atom stereocenters. The first-order chi connectivity index (χ1) is 8.08. The first-order valence-corrected chi connectivity index (χ1v) is 5.88. The molecule has 0 aliphatic rings. The van der Waals surface area contributed by atoms with Crippen LogP contribution in [0.2, 0.25) is 0 Å². The number of nitrogens with one attached hydrogen (secondary N) is 1. The third-order valence-corrected chi connectivity index (χ3v) is 2.77. The van der Waals surface area contributed by atoms with E-state index in [1.54, 1.807) is 7.11 Å². The number of ether oxygens (including phenoxy) is 1. The molecular weight excluding hydrogens is 212 g/mol. The van der Waals surface area contributed by atoms with Crippen molar-refractivity contribution in [2.24, 2.45) is 0 Å². The molecule has 0 heterocycles. The number of methoxy groups -OCH3 is 1. The lowest BCUT2D eigenvalue weighted by atomic mass is 10.0. The number of rotatable bonds is 5. The summed E-state index contributed by atoms with van der Waals surface area (Å²) in [4.78, 5) is 0. The van der Waals surface area contributed by atoms with Crippen LogP contribution in [0.15, 0.2) is 18.2 Å². The maximum atomic E-state index is 8.71. The van der Waals surface area contributed by atoms with Gasteiger partial charge in [0.1, 0.15) is 5.75 Å². The third-order valence-electron chi connectivity index (χ3n) is 2.77. The second kappa shape index (κ2) is 6.27. The van der Waals surface area contributed by atoms with E-state index in [1.807, 2.05) is 6.92 Å². The topological polar surface area (TPSA) is 45.0 Å². The van der Waals surface area contributed by atoms with E-state index in [0.29, 0.717) is 12.5 Å². The van der Waals surface area contributed by atoms with Gasteiger partial charge in [-0.3, -0.25) is 5.32 Å². The van der Waals surface area contributed by atoms with E-state index in [2.05, 4.69) is 43.4 Å². The van der Waals surface area contributed by atoms with Gasteiger partial charge in [0.15, 0.2) is 0 Å². The van der Waals surface area contributed by atoms with Crippen molar-refractivity contribution in [3.63, 3.8) is 0 Å². The summed E-state index contributed by atoms with van der Waals surface area (Å²) in [6, 6.07) is 8.24. The largest absolute Gasteiger partial charge is 0.496 e. The average molecular weight is 232 g/mol. The molecule has 17 heavy (non-hydrogen) atoms. The van der Waals surface area contributed by atoms with Crippen LogP contribution in [-0.4, -0.2) is 13.2 Å². The fourth-order valence-corrected chi connectivity index (χ4v) is 1.58. The quantitative estimate of drug-likeness (QED) is 0.849. The number of nitrogens with zero attached hydrogens (tertiary/aromatic N) is 1. The molecule has 0 aromatic heterocycles. The standard InChI is InChI=1S/C14H20N2O/c1-10(2)12-5-6-13(14(7-12)17-4)9-16-11(3)8-15/h5-7,10-11,16H,9H2,1-4H3. The van der Waals surface area contributed by atoms with Crippen LogP contribution in [0.3, 0.4) is 0 Å². The molecule has 1 atom stereocenters. The Morgan fingerprint density at radius 2 is 2.06 bits per heavy atom. The Morgan fingerprint density at radius 1 is 1.35 bits per heavy atom. The highest BCUT2D eigenvalue weighted by atomic mass is 16.5. The van der Waals surface area contributed by atoms with Gasteiger partial charge >= 0.3 is 0 Å². The van der Waals surface area contributed by atoms with Crippen molar-refractivity contribution in [3.8, 4) is 11.8 Å². The van der Waals surface area contributed by atoms with Crippen LogP contribution in [0, 0.1) is 11.3 Å². The van der Waals surface area contributed by atoms with Crippen molar-refractivity contribution >= 4 is 0 Å². The van der Waals surface area contributed by atoms with Gasteiger partial charge in [0, 0.05) is 12.1 Å². The van der Waals surface area contributed by atoms with Gasteiger partial charge in [-0.25, -0.2) is 0 Å². The van der Waals surface area contributed by atoms with E-state index in [4.69, 9.17) is 10.00 Å². The maximum Gasteiger partial charge on any atom is 0.123 e. The fraction of sp³-hybridized carbons (Fsp3) is 0.500. The van der Waals surface area contributed by atoms with Crippen LogP contribution >= 0.6 is 0 Å². The Kier molecular flexibility index (Phi) is 4.99. The van der Waals surface area contributed by atoms with Crippen LogP contribution in [0.4, 0.5) is 0 Å². The van der Waals surface area contributed by atoms with Crippen molar-refractivity contribution in [2.45, 2.75) is 39.3 Å². The van der Waals surface area contributed by atoms with Crippen LogP contribution in [-0.2, 0) is 6.54 Å². The monoisotopic (exact) mass is 232 g/mol. The summed E-state index contributed by atoms with van der Waals surface area (Å²) < 4.78 is 5.38. The van der Waals surface area contributed by atoms with E-state index < -0.39 is 0 Å². The van der Waals surface area contributed by atoms with Crippen LogP contribution in [0.5, 0.6) is 5.75 Å². The fourth-order valence-electron chi connectivity index (χ4n) is 1.58. The van der Waals surface area contributed by atoms with Crippen molar-refractivity contribution in [1.29, 1.82) is 5.26 Å². The van der Waals surface area contributed by atoms with Gasteiger partial charge in [-0.15, -0.1) is 0 Å². The molecule has 1 N–H and O–H groups in total. The molecule has 0 saturated carbocycles. The van der Waals surface area contributed by atoms with Gasteiger partial charge in [0.05, 0.1) is 19.2 Å². The van der Waals surface area contributed by atoms with E-state index in [0.717, 1.165) is 11.3 Å². The Bertz CT molecular complexity index is 407. The number of nitriles is 1. The lowest BCUT2D eigenvalue weighted by Gasteiger charge is -2.13. The Hall–Kier alpha value is -1.53. The van der Waals surface area contributed by atoms with Crippen LogP contribution in [0.25, 0.3) is 0 Å². The van der Waals surface area contributed by atoms with Crippen molar-refractivity contribution in [1.82, 2.24) is 5.32 Å². The summed E-state index contributed by atoms with van der Waals surface area (Å²) in [6.07, 6.45) is 0. The highest BCUT2D eigenvalue weighted by Crippen LogP contribution is 2.24.